The second-order valence-corrected chi connectivity index (χ2v) is 2.23. The van der Waals surface area contributed by atoms with Crippen molar-refractivity contribution < 1.29 is 9.53 Å². The number of hydrogen-bond donors (Lipinski definition) is 1. The van der Waals surface area contributed by atoms with Gasteiger partial charge in [-0.25, -0.2) is 14.8 Å². The van der Waals surface area contributed by atoms with Crippen LogP contribution in [0.2, 0.25) is 0 Å². The van der Waals surface area contributed by atoms with Crippen LogP contribution in [0.1, 0.15) is 5.56 Å². The number of methoxy groups -OCH3 is 1. The average Bonchev–Trinajstić information content (AvgIpc) is 2.16. The standard InChI is InChI=1S/C8H9N3O2/c1-13-7(12)3-2-6-4-10-8(9)11-5-6/h2-5H,1H3,(H2,9,10,11)/b3-2+. The second kappa shape index (κ2) is 4.20. The number of anilines is 1. The third-order valence-corrected chi connectivity index (χ3v) is 1.30. The lowest BCUT2D eigenvalue weighted by molar-refractivity contribution is -0.134. The van der Waals surface area contributed by atoms with E-state index in [1.54, 1.807) is 6.08 Å². The van der Waals surface area contributed by atoms with Crippen LogP contribution in [-0.2, 0) is 9.53 Å². The highest BCUT2D eigenvalue weighted by atomic mass is 16.5. The van der Waals surface area contributed by atoms with Gasteiger partial charge in [0.1, 0.15) is 0 Å². The lowest BCUT2D eigenvalue weighted by Crippen LogP contribution is -1.95. The molecule has 0 aliphatic carbocycles. The van der Waals surface area contributed by atoms with E-state index in [1.165, 1.54) is 25.6 Å². The quantitative estimate of drug-likeness (QED) is 0.520. The van der Waals surface area contributed by atoms with Gasteiger partial charge in [-0.3, -0.25) is 0 Å². The summed E-state index contributed by atoms with van der Waals surface area (Å²) in [6.07, 6.45) is 5.86. The highest BCUT2D eigenvalue weighted by molar-refractivity contribution is 5.86. The van der Waals surface area contributed by atoms with Gasteiger partial charge in [-0.05, 0) is 6.08 Å². The summed E-state index contributed by atoms with van der Waals surface area (Å²) < 4.78 is 4.40. The molecule has 1 aromatic heterocycles. The summed E-state index contributed by atoms with van der Waals surface area (Å²) in [5.74, 6) is -0.216. The molecule has 0 bridgehead atoms. The van der Waals surface area contributed by atoms with Gasteiger partial charge in [-0.15, -0.1) is 0 Å². The van der Waals surface area contributed by atoms with Crippen molar-refractivity contribution in [3.05, 3.63) is 24.0 Å². The van der Waals surface area contributed by atoms with Gasteiger partial charge in [0.15, 0.2) is 0 Å². The van der Waals surface area contributed by atoms with Crippen molar-refractivity contribution in [1.29, 1.82) is 0 Å². The molecule has 0 aromatic carbocycles. The summed E-state index contributed by atoms with van der Waals surface area (Å²) in [4.78, 5) is 18.2. The molecular formula is C8H9N3O2. The number of rotatable bonds is 2. The topological polar surface area (TPSA) is 78.1 Å². The Bertz CT molecular complexity index is 319. The first-order valence-electron chi connectivity index (χ1n) is 3.56. The molecule has 0 fully saturated rings. The Balaban J connectivity index is 2.69. The Labute approximate surface area is 75.3 Å². The zero-order valence-corrected chi connectivity index (χ0v) is 7.10. The molecule has 68 valence electrons. The lowest BCUT2D eigenvalue weighted by atomic mass is 10.3. The Kier molecular flexibility index (Phi) is 2.97. The summed E-state index contributed by atoms with van der Waals surface area (Å²) in [5, 5.41) is 0. The first-order valence-corrected chi connectivity index (χ1v) is 3.56. The van der Waals surface area contributed by atoms with Crippen LogP contribution in [0.15, 0.2) is 18.5 Å². The van der Waals surface area contributed by atoms with Crippen molar-refractivity contribution in [1.82, 2.24) is 9.97 Å². The van der Waals surface area contributed by atoms with E-state index in [1.807, 2.05) is 0 Å². The number of carbonyl (C=O) groups is 1. The number of esters is 1. The van der Waals surface area contributed by atoms with E-state index in [0.717, 1.165) is 0 Å². The number of ether oxygens (including phenoxy) is 1. The molecule has 5 nitrogen and oxygen atoms in total. The molecule has 5 heteroatoms. The molecule has 0 aliphatic rings. The summed E-state index contributed by atoms with van der Waals surface area (Å²) in [6, 6.07) is 0. The minimum Gasteiger partial charge on any atom is -0.466 e. The average molecular weight is 179 g/mol. The minimum absolute atomic E-state index is 0.204. The van der Waals surface area contributed by atoms with Crippen LogP contribution in [0, 0.1) is 0 Å². The molecule has 13 heavy (non-hydrogen) atoms. The number of nitrogens with two attached hydrogens (primary N) is 1. The van der Waals surface area contributed by atoms with E-state index in [9.17, 15) is 4.79 Å². The van der Waals surface area contributed by atoms with Crippen LogP contribution in [0.4, 0.5) is 5.95 Å². The molecule has 0 saturated carbocycles. The zero-order valence-electron chi connectivity index (χ0n) is 7.10. The smallest absolute Gasteiger partial charge is 0.330 e. The van der Waals surface area contributed by atoms with Crippen molar-refractivity contribution >= 4 is 18.0 Å². The maximum absolute atomic E-state index is 10.7. The Morgan fingerprint density at radius 3 is 2.69 bits per heavy atom. The van der Waals surface area contributed by atoms with Crippen molar-refractivity contribution in [2.75, 3.05) is 12.8 Å². The van der Waals surface area contributed by atoms with Gasteiger partial charge in [-0.2, -0.15) is 0 Å². The van der Waals surface area contributed by atoms with Crippen LogP contribution in [0.5, 0.6) is 0 Å². The molecule has 0 atom stereocenters. The molecule has 0 amide bonds. The molecule has 2 N–H and O–H groups in total. The highest BCUT2D eigenvalue weighted by Crippen LogP contribution is 1.99. The van der Waals surface area contributed by atoms with Crippen LogP contribution in [-0.4, -0.2) is 23.0 Å². The Morgan fingerprint density at radius 2 is 2.15 bits per heavy atom. The van der Waals surface area contributed by atoms with Gasteiger partial charge < -0.3 is 10.5 Å². The van der Waals surface area contributed by atoms with Crippen LogP contribution < -0.4 is 5.73 Å². The predicted octanol–water partition coefficient (Wildman–Crippen LogP) is 0.245. The minimum atomic E-state index is -0.420. The zero-order chi connectivity index (χ0) is 9.68. The van der Waals surface area contributed by atoms with Crippen molar-refractivity contribution in [3.8, 4) is 0 Å². The van der Waals surface area contributed by atoms with Gasteiger partial charge in [0, 0.05) is 24.0 Å². The Hall–Kier alpha value is -1.91. The molecular weight excluding hydrogens is 170 g/mol. The van der Waals surface area contributed by atoms with Crippen LogP contribution in [0.3, 0.4) is 0 Å². The van der Waals surface area contributed by atoms with Gasteiger partial charge in [0.25, 0.3) is 0 Å². The maximum atomic E-state index is 10.7. The number of carbonyl (C=O) groups excluding carboxylic acids is 1. The van der Waals surface area contributed by atoms with Crippen molar-refractivity contribution in [2.45, 2.75) is 0 Å². The van der Waals surface area contributed by atoms with E-state index in [0.29, 0.717) is 5.56 Å². The fourth-order valence-electron chi connectivity index (χ4n) is 0.666. The van der Waals surface area contributed by atoms with Crippen LogP contribution in [0.25, 0.3) is 6.08 Å². The van der Waals surface area contributed by atoms with Gasteiger partial charge >= 0.3 is 5.97 Å². The SMILES string of the molecule is COC(=O)/C=C/c1cnc(N)nc1. The third-order valence-electron chi connectivity index (χ3n) is 1.30. The normalized spacial score (nSPS) is 10.2. The summed E-state index contributed by atoms with van der Waals surface area (Å²) in [6.45, 7) is 0. The van der Waals surface area contributed by atoms with E-state index >= 15 is 0 Å². The molecule has 1 aromatic rings. The molecule has 0 unspecified atom stereocenters. The number of aromatic nitrogens is 2. The summed E-state index contributed by atoms with van der Waals surface area (Å²) >= 11 is 0. The van der Waals surface area contributed by atoms with Gasteiger partial charge in [-0.1, -0.05) is 0 Å². The maximum Gasteiger partial charge on any atom is 0.330 e. The first-order chi connectivity index (χ1) is 6.22. The van der Waals surface area contributed by atoms with E-state index < -0.39 is 5.97 Å². The number of nitrogen functional groups attached to an aromatic ring is 1. The van der Waals surface area contributed by atoms with Gasteiger partial charge in [0.2, 0.25) is 5.95 Å². The molecule has 0 saturated heterocycles. The molecule has 1 heterocycles. The molecule has 1 rings (SSSR count). The van der Waals surface area contributed by atoms with Crippen LogP contribution >= 0.6 is 0 Å². The van der Waals surface area contributed by atoms with Gasteiger partial charge in [0.05, 0.1) is 7.11 Å². The first kappa shape index (κ1) is 9.18. The van der Waals surface area contributed by atoms with E-state index in [4.69, 9.17) is 5.73 Å². The third kappa shape index (κ3) is 2.90. The molecule has 0 radical (unpaired) electrons. The number of hydrogen-bond acceptors (Lipinski definition) is 5. The molecule has 0 aliphatic heterocycles. The Morgan fingerprint density at radius 1 is 1.54 bits per heavy atom. The highest BCUT2D eigenvalue weighted by Gasteiger charge is 1.92. The predicted molar refractivity (Wildman–Crippen MR) is 47.5 cm³/mol. The largest absolute Gasteiger partial charge is 0.466 e. The monoisotopic (exact) mass is 179 g/mol. The lowest BCUT2D eigenvalue weighted by Gasteiger charge is -1.92. The summed E-state index contributed by atoms with van der Waals surface area (Å²) in [7, 11) is 1.31. The summed E-state index contributed by atoms with van der Waals surface area (Å²) in [5.41, 5.74) is 5.96. The van der Waals surface area contributed by atoms with E-state index in [-0.39, 0.29) is 5.95 Å². The van der Waals surface area contributed by atoms with Crippen molar-refractivity contribution in [2.24, 2.45) is 0 Å². The van der Waals surface area contributed by atoms with Crippen molar-refractivity contribution in [3.63, 3.8) is 0 Å². The number of nitrogens with zero attached hydrogens (tertiary/aromatic N) is 2. The fourth-order valence-corrected chi connectivity index (χ4v) is 0.666. The molecule has 0 spiro atoms. The fraction of sp³-hybridized carbons (Fsp3) is 0.125. The second-order valence-electron chi connectivity index (χ2n) is 2.23. The van der Waals surface area contributed by atoms with E-state index in [2.05, 4.69) is 14.7 Å².